The highest BCUT2D eigenvalue weighted by molar-refractivity contribution is 5.98. The quantitative estimate of drug-likeness (QED) is 0.632. The highest BCUT2D eigenvalue weighted by Crippen LogP contribution is 2.19. The SMILES string of the molecule is Nc1ccccc1C(=O)NCCOC1CCCCC1. The van der Waals surface area contributed by atoms with Crippen LogP contribution in [-0.2, 0) is 4.74 Å². The first-order valence-corrected chi connectivity index (χ1v) is 7.01. The van der Waals surface area contributed by atoms with Crippen molar-refractivity contribution in [2.75, 3.05) is 18.9 Å². The Bertz CT molecular complexity index is 414. The van der Waals surface area contributed by atoms with Gasteiger partial charge in [0.25, 0.3) is 5.91 Å². The molecule has 1 aliphatic rings. The fourth-order valence-electron chi connectivity index (χ4n) is 2.42. The molecule has 1 fully saturated rings. The number of hydrogen-bond acceptors (Lipinski definition) is 3. The number of hydrogen-bond donors (Lipinski definition) is 2. The second-order valence-electron chi connectivity index (χ2n) is 4.97. The summed E-state index contributed by atoms with van der Waals surface area (Å²) in [7, 11) is 0. The molecule has 1 amide bonds. The lowest BCUT2D eigenvalue weighted by Crippen LogP contribution is -2.29. The number of ether oxygens (including phenoxy) is 1. The molecular weight excluding hydrogens is 240 g/mol. The molecule has 4 heteroatoms. The average molecular weight is 262 g/mol. The van der Waals surface area contributed by atoms with Crippen molar-refractivity contribution in [2.45, 2.75) is 38.2 Å². The van der Waals surface area contributed by atoms with Gasteiger partial charge in [0, 0.05) is 12.2 Å². The normalized spacial score (nSPS) is 16.2. The molecule has 3 N–H and O–H groups in total. The van der Waals surface area contributed by atoms with E-state index in [2.05, 4.69) is 5.32 Å². The van der Waals surface area contributed by atoms with Crippen LogP contribution in [0.5, 0.6) is 0 Å². The lowest BCUT2D eigenvalue weighted by Gasteiger charge is -2.22. The highest BCUT2D eigenvalue weighted by Gasteiger charge is 2.13. The molecule has 0 radical (unpaired) electrons. The Hall–Kier alpha value is -1.55. The van der Waals surface area contributed by atoms with E-state index in [1.54, 1.807) is 12.1 Å². The Labute approximate surface area is 114 Å². The van der Waals surface area contributed by atoms with Crippen molar-refractivity contribution in [3.05, 3.63) is 29.8 Å². The van der Waals surface area contributed by atoms with Crippen LogP contribution in [0.25, 0.3) is 0 Å². The second-order valence-corrected chi connectivity index (χ2v) is 4.97. The summed E-state index contributed by atoms with van der Waals surface area (Å²) in [6.07, 6.45) is 6.53. The first-order chi connectivity index (χ1) is 9.27. The zero-order chi connectivity index (χ0) is 13.5. The van der Waals surface area contributed by atoms with Crippen LogP contribution in [0.1, 0.15) is 42.5 Å². The molecule has 0 aromatic heterocycles. The first kappa shape index (κ1) is 13.9. The van der Waals surface area contributed by atoms with E-state index in [0.29, 0.717) is 30.5 Å². The molecule has 1 aromatic carbocycles. The van der Waals surface area contributed by atoms with Crippen LogP contribution in [0.15, 0.2) is 24.3 Å². The monoisotopic (exact) mass is 262 g/mol. The molecule has 0 atom stereocenters. The Balaban J connectivity index is 1.68. The van der Waals surface area contributed by atoms with Gasteiger partial charge >= 0.3 is 0 Å². The number of nitrogen functional groups attached to an aromatic ring is 1. The number of para-hydroxylation sites is 1. The molecule has 0 spiro atoms. The summed E-state index contributed by atoms with van der Waals surface area (Å²) in [4.78, 5) is 11.9. The van der Waals surface area contributed by atoms with Crippen LogP contribution in [0.2, 0.25) is 0 Å². The Kier molecular flexibility index (Phi) is 5.21. The summed E-state index contributed by atoms with van der Waals surface area (Å²) in [5.41, 5.74) is 6.79. The van der Waals surface area contributed by atoms with Crippen LogP contribution in [-0.4, -0.2) is 25.2 Å². The molecule has 1 saturated carbocycles. The van der Waals surface area contributed by atoms with Gasteiger partial charge in [-0.1, -0.05) is 31.4 Å². The van der Waals surface area contributed by atoms with Crippen molar-refractivity contribution < 1.29 is 9.53 Å². The topological polar surface area (TPSA) is 64.4 Å². The summed E-state index contributed by atoms with van der Waals surface area (Å²) < 4.78 is 5.75. The van der Waals surface area contributed by atoms with Crippen LogP contribution in [0.3, 0.4) is 0 Å². The van der Waals surface area contributed by atoms with E-state index < -0.39 is 0 Å². The van der Waals surface area contributed by atoms with Crippen LogP contribution in [0, 0.1) is 0 Å². The van der Waals surface area contributed by atoms with Crippen molar-refractivity contribution in [3.63, 3.8) is 0 Å². The van der Waals surface area contributed by atoms with Gasteiger partial charge in [-0.05, 0) is 25.0 Å². The van der Waals surface area contributed by atoms with E-state index in [4.69, 9.17) is 10.5 Å². The standard InChI is InChI=1S/C15H22N2O2/c16-14-9-5-4-8-13(14)15(18)17-10-11-19-12-6-2-1-3-7-12/h4-5,8-9,12H,1-3,6-7,10-11,16H2,(H,17,18). The predicted octanol–water partition coefficient (Wildman–Crippen LogP) is 2.35. The van der Waals surface area contributed by atoms with E-state index in [-0.39, 0.29) is 5.91 Å². The Morgan fingerprint density at radius 1 is 1.26 bits per heavy atom. The van der Waals surface area contributed by atoms with E-state index in [0.717, 1.165) is 12.8 Å². The van der Waals surface area contributed by atoms with Gasteiger partial charge in [0.15, 0.2) is 0 Å². The maximum atomic E-state index is 11.9. The lowest BCUT2D eigenvalue weighted by atomic mass is 9.98. The minimum Gasteiger partial charge on any atom is -0.398 e. The van der Waals surface area contributed by atoms with Crippen LogP contribution >= 0.6 is 0 Å². The van der Waals surface area contributed by atoms with Gasteiger partial charge in [-0.3, -0.25) is 4.79 Å². The molecule has 1 aliphatic carbocycles. The first-order valence-electron chi connectivity index (χ1n) is 7.01. The van der Waals surface area contributed by atoms with Crippen LogP contribution in [0.4, 0.5) is 5.69 Å². The summed E-state index contributed by atoms with van der Waals surface area (Å²) in [6, 6.07) is 7.09. The molecule has 0 aliphatic heterocycles. The number of benzene rings is 1. The minimum absolute atomic E-state index is 0.134. The smallest absolute Gasteiger partial charge is 0.253 e. The lowest BCUT2D eigenvalue weighted by molar-refractivity contribution is 0.0299. The van der Waals surface area contributed by atoms with E-state index in [9.17, 15) is 4.79 Å². The fraction of sp³-hybridized carbons (Fsp3) is 0.533. The van der Waals surface area contributed by atoms with Gasteiger partial charge < -0.3 is 15.8 Å². The summed E-state index contributed by atoms with van der Waals surface area (Å²) in [5.74, 6) is -0.134. The summed E-state index contributed by atoms with van der Waals surface area (Å²) >= 11 is 0. The van der Waals surface area contributed by atoms with Gasteiger partial charge in [-0.15, -0.1) is 0 Å². The maximum Gasteiger partial charge on any atom is 0.253 e. The molecule has 0 bridgehead atoms. The molecule has 0 saturated heterocycles. The predicted molar refractivity (Wildman–Crippen MR) is 76.0 cm³/mol. The van der Waals surface area contributed by atoms with E-state index in [1.165, 1.54) is 19.3 Å². The second kappa shape index (κ2) is 7.14. The van der Waals surface area contributed by atoms with Gasteiger partial charge in [-0.25, -0.2) is 0 Å². The molecule has 4 nitrogen and oxygen atoms in total. The highest BCUT2D eigenvalue weighted by atomic mass is 16.5. The third-order valence-electron chi connectivity index (χ3n) is 3.50. The summed E-state index contributed by atoms with van der Waals surface area (Å²) in [5, 5.41) is 2.84. The minimum atomic E-state index is -0.134. The number of carbonyl (C=O) groups excluding carboxylic acids is 1. The number of rotatable bonds is 5. The summed E-state index contributed by atoms with van der Waals surface area (Å²) in [6.45, 7) is 1.10. The van der Waals surface area contributed by atoms with Gasteiger partial charge in [0.2, 0.25) is 0 Å². The van der Waals surface area contributed by atoms with Gasteiger partial charge in [-0.2, -0.15) is 0 Å². The van der Waals surface area contributed by atoms with E-state index in [1.807, 2.05) is 12.1 Å². The van der Waals surface area contributed by atoms with Gasteiger partial charge in [0.1, 0.15) is 0 Å². The molecule has 0 heterocycles. The molecule has 0 unspecified atom stereocenters. The van der Waals surface area contributed by atoms with Crippen molar-refractivity contribution in [1.29, 1.82) is 0 Å². The Morgan fingerprint density at radius 2 is 2.00 bits per heavy atom. The number of nitrogens with two attached hydrogens (primary N) is 1. The van der Waals surface area contributed by atoms with Crippen LogP contribution < -0.4 is 11.1 Å². The third kappa shape index (κ3) is 4.24. The Morgan fingerprint density at radius 3 is 2.74 bits per heavy atom. The number of nitrogens with one attached hydrogen (secondary N) is 1. The van der Waals surface area contributed by atoms with Crippen molar-refractivity contribution in [1.82, 2.24) is 5.32 Å². The zero-order valence-electron chi connectivity index (χ0n) is 11.2. The van der Waals surface area contributed by atoms with Crippen molar-refractivity contribution >= 4 is 11.6 Å². The largest absolute Gasteiger partial charge is 0.398 e. The van der Waals surface area contributed by atoms with Crippen molar-refractivity contribution in [2.24, 2.45) is 0 Å². The molecule has 2 rings (SSSR count). The zero-order valence-corrected chi connectivity index (χ0v) is 11.2. The number of amides is 1. The molecule has 19 heavy (non-hydrogen) atoms. The van der Waals surface area contributed by atoms with Crippen molar-refractivity contribution in [3.8, 4) is 0 Å². The average Bonchev–Trinajstić information content (AvgIpc) is 2.45. The van der Waals surface area contributed by atoms with Gasteiger partial charge in [0.05, 0.1) is 18.3 Å². The fourth-order valence-corrected chi connectivity index (χ4v) is 2.42. The molecule has 104 valence electrons. The number of carbonyl (C=O) groups is 1. The number of anilines is 1. The van der Waals surface area contributed by atoms with E-state index >= 15 is 0 Å². The maximum absolute atomic E-state index is 11.9. The molecular formula is C15H22N2O2. The molecule has 1 aromatic rings. The third-order valence-corrected chi connectivity index (χ3v) is 3.50.